The van der Waals surface area contributed by atoms with Crippen molar-refractivity contribution in [3.63, 3.8) is 0 Å². The molecule has 12 heteroatoms. The maximum Gasteiger partial charge on any atom is 0.286 e. The number of fused-ring (bicyclic) bond motifs is 2. The van der Waals surface area contributed by atoms with Gasteiger partial charge < -0.3 is 15.3 Å². The Morgan fingerprint density at radius 1 is 1.17 bits per heavy atom. The van der Waals surface area contributed by atoms with Crippen LogP contribution in [-0.2, 0) is 31.3 Å². The summed E-state index contributed by atoms with van der Waals surface area (Å²) < 4.78 is 55.2. The summed E-state index contributed by atoms with van der Waals surface area (Å²) in [7, 11) is -7.90. The van der Waals surface area contributed by atoms with Crippen LogP contribution in [0, 0.1) is 5.92 Å². The highest BCUT2D eigenvalue weighted by atomic mass is 32.2. The minimum Gasteiger partial charge on any atom is -0.511 e. The number of hydrogen-bond donors (Lipinski definition) is 3. The number of anilines is 2. The number of nitrogens with zero attached hydrogens (tertiary/aromatic N) is 2. The summed E-state index contributed by atoms with van der Waals surface area (Å²) in [4.78, 5) is 15.1. The van der Waals surface area contributed by atoms with Gasteiger partial charge in [0.05, 0.1) is 11.9 Å². The van der Waals surface area contributed by atoms with Crippen molar-refractivity contribution in [2.24, 2.45) is 10.3 Å². The first-order chi connectivity index (χ1) is 17.0. The van der Waals surface area contributed by atoms with Crippen molar-refractivity contribution in [3.8, 4) is 0 Å². The van der Waals surface area contributed by atoms with Gasteiger partial charge in [-0.1, -0.05) is 36.8 Å². The van der Waals surface area contributed by atoms with Crippen LogP contribution in [0.4, 0.5) is 11.4 Å². The molecule has 1 saturated carbocycles. The molecular weight excluding hydrogens is 504 g/mol. The maximum atomic E-state index is 13.6. The van der Waals surface area contributed by atoms with Crippen molar-refractivity contribution in [1.29, 1.82) is 0 Å². The topological polar surface area (TPSA) is 145 Å². The van der Waals surface area contributed by atoms with Crippen LogP contribution in [-0.4, -0.2) is 57.4 Å². The second-order valence-corrected chi connectivity index (χ2v) is 12.5. The van der Waals surface area contributed by atoms with E-state index in [4.69, 9.17) is 0 Å². The summed E-state index contributed by atoms with van der Waals surface area (Å²) in [5.41, 5.74) is 1.13. The highest BCUT2D eigenvalue weighted by Gasteiger charge is 2.46. The van der Waals surface area contributed by atoms with Gasteiger partial charge in [0.1, 0.15) is 16.2 Å². The molecular formula is C24H26N4O6S2. The average Bonchev–Trinajstić information content (AvgIpc) is 3.29. The molecule has 1 amide bonds. The molecule has 2 atom stereocenters. The standard InChI is InChI=1S/C24H26N4O6S2/c1-35(31,32)26-16-10-11-18-20(14-16)36(33,34)27-23(25-18)21-22(29)17-8-5-9-19(17)28(24(21)30)13-12-15-6-3-2-4-7-15/h2-4,6-7,10-11,14,17,19,26,29H,5,8-9,12-13H2,1H3,(H,25,27). The smallest absolute Gasteiger partial charge is 0.286 e. The van der Waals surface area contributed by atoms with Crippen LogP contribution in [0.25, 0.3) is 0 Å². The van der Waals surface area contributed by atoms with E-state index in [0.29, 0.717) is 19.4 Å². The molecule has 1 fully saturated rings. The zero-order valence-corrected chi connectivity index (χ0v) is 21.1. The normalized spacial score (nSPS) is 23.0. The molecule has 2 heterocycles. The fraction of sp³-hybridized carbons (Fsp3) is 0.333. The Labute approximate surface area is 209 Å². The lowest BCUT2D eigenvalue weighted by molar-refractivity contribution is -0.131. The molecule has 2 unspecified atom stereocenters. The monoisotopic (exact) mass is 530 g/mol. The number of rotatable bonds is 6. The number of nitrogens with one attached hydrogen (secondary N) is 2. The lowest BCUT2D eigenvalue weighted by Crippen LogP contribution is -2.51. The van der Waals surface area contributed by atoms with Gasteiger partial charge >= 0.3 is 0 Å². The zero-order chi connectivity index (χ0) is 25.7. The first kappa shape index (κ1) is 24.3. The SMILES string of the molecule is CS(=O)(=O)Nc1ccc2c(c1)S(=O)(=O)N=C(C1=C(O)C3CCCC3N(CCc3ccccc3)C1=O)N2. The van der Waals surface area contributed by atoms with Crippen LogP contribution in [0.5, 0.6) is 0 Å². The molecule has 3 N–H and O–H groups in total. The van der Waals surface area contributed by atoms with Crippen LogP contribution < -0.4 is 10.0 Å². The molecule has 190 valence electrons. The number of benzene rings is 2. The zero-order valence-electron chi connectivity index (χ0n) is 19.5. The molecule has 2 aliphatic heterocycles. The van der Waals surface area contributed by atoms with Crippen molar-refractivity contribution in [1.82, 2.24) is 4.90 Å². The number of hydrogen-bond acceptors (Lipinski definition) is 7. The van der Waals surface area contributed by atoms with E-state index in [-0.39, 0.29) is 45.4 Å². The molecule has 2 aromatic rings. The van der Waals surface area contributed by atoms with E-state index in [1.54, 1.807) is 4.90 Å². The molecule has 0 aromatic heterocycles. The molecule has 0 saturated heterocycles. The Hall–Kier alpha value is -3.38. The molecule has 1 aliphatic carbocycles. The summed E-state index contributed by atoms with van der Waals surface area (Å²) in [6, 6.07) is 13.6. The lowest BCUT2D eigenvalue weighted by Gasteiger charge is -2.39. The van der Waals surface area contributed by atoms with E-state index >= 15 is 0 Å². The molecule has 36 heavy (non-hydrogen) atoms. The predicted octanol–water partition coefficient (Wildman–Crippen LogP) is 2.64. The summed E-state index contributed by atoms with van der Waals surface area (Å²) >= 11 is 0. The summed E-state index contributed by atoms with van der Waals surface area (Å²) in [5.74, 6) is -1.13. The number of sulfonamides is 2. The minimum absolute atomic E-state index is 0.0666. The van der Waals surface area contributed by atoms with Crippen LogP contribution in [0.3, 0.4) is 0 Å². The third-order valence-electron chi connectivity index (χ3n) is 6.71. The van der Waals surface area contributed by atoms with E-state index < -0.39 is 26.0 Å². The van der Waals surface area contributed by atoms with Crippen molar-refractivity contribution in [2.75, 3.05) is 22.8 Å². The summed E-state index contributed by atoms with van der Waals surface area (Å²) in [6.07, 6.45) is 3.88. The predicted molar refractivity (Wildman–Crippen MR) is 136 cm³/mol. The molecule has 10 nitrogen and oxygen atoms in total. The maximum absolute atomic E-state index is 13.6. The first-order valence-electron chi connectivity index (χ1n) is 11.6. The quantitative estimate of drug-likeness (QED) is 0.521. The van der Waals surface area contributed by atoms with Crippen molar-refractivity contribution < 1.29 is 26.7 Å². The van der Waals surface area contributed by atoms with E-state index in [0.717, 1.165) is 30.7 Å². The Morgan fingerprint density at radius 2 is 1.92 bits per heavy atom. The van der Waals surface area contributed by atoms with E-state index in [1.807, 2.05) is 30.3 Å². The molecule has 0 spiro atoms. The number of aliphatic hydroxyl groups is 1. The van der Waals surface area contributed by atoms with Gasteiger partial charge in [-0.15, -0.1) is 4.40 Å². The highest BCUT2D eigenvalue weighted by molar-refractivity contribution is 7.92. The Bertz CT molecular complexity index is 1500. The fourth-order valence-corrected chi connectivity index (χ4v) is 6.85. The van der Waals surface area contributed by atoms with Gasteiger partial charge in [0, 0.05) is 24.2 Å². The van der Waals surface area contributed by atoms with Crippen LogP contribution in [0.1, 0.15) is 24.8 Å². The van der Waals surface area contributed by atoms with E-state index in [2.05, 4.69) is 14.4 Å². The van der Waals surface area contributed by atoms with Gasteiger partial charge in [-0.2, -0.15) is 8.42 Å². The third kappa shape index (κ3) is 4.58. The molecule has 0 radical (unpaired) electrons. The number of aliphatic hydroxyl groups excluding tert-OH is 1. The van der Waals surface area contributed by atoms with Gasteiger partial charge in [-0.3, -0.25) is 9.52 Å². The van der Waals surface area contributed by atoms with E-state index in [1.165, 1.54) is 12.1 Å². The van der Waals surface area contributed by atoms with Crippen molar-refractivity contribution >= 4 is 43.2 Å². The van der Waals surface area contributed by atoms with Crippen molar-refractivity contribution in [3.05, 3.63) is 65.4 Å². The van der Waals surface area contributed by atoms with Gasteiger partial charge in [-0.25, -0.2) is 8.42 Å². The number of carbonyl (C=O) groups is 1. The highest BCUT2D eigenvalue weighted by Crippen LogP contribution is 2.41. The number of amides is 1. The molecule has 0 bridgehead atoms. The molecule has 2 aromatic carbocycles. The number of amidine groups is 1. The van der Waals surface area contributed by atoms with Crippen LogP contribution >= 0.6 is 0 Å². The fourth-order valence-electron chi connectivity index (χ4n) is 5.15. The third-order valence-corrected chi connectivity index (χ3v) is 8.63. The summed E-state index contributed by atoms with van der Waals surface area (Å²) in [6.45, 7) is 0.429. The Morgan fingerprint density at radius 3 is 2.64 bits per heavy atom. The average molecular weight is 531 g/mol. The molecule has 5 rings (SSSR count). The van der Waals surface area contributed by atoms with E-state index in [9.17, 15) is 26.7 Å². The van der Waals surface area contributed by atoms with Crippen LogP contribution in [0.2, 0.25) is 0 Å². The van der Waals surface area contributed by atoms with Gasteiger partial charge in [0.25, 0.3) is 15.9 Å². The minimum atomic E-state index is -4.29. The van der Waals surface area contributed by atoms with Crippen molar-refractivity contribution in [2.45, 2.75) is 36.6 Å². The van der Waals surface area contributed by atoms with Gasteiger partial charge in [0.15, 0.2) is 5.84 Å². The largest absolute Gasteiger partial charge is 0.511 e. The second kappa shape index (κ2) is 8.93. The summed E-state index contributed by atoms with van der Waals surface area (Å²) in [5, 5.41) is 14.0. The second-order valence-electron chi connectivity index (χ2n) is 9.22. The molecule has 3 aliphatic rings. The number of carbonyl (C=O) groups excluding carboxylic acids is 1. The first-order valence-corrected chi connectivity index (χ1v) is 14.9. The Kier molecular flexibility index (Phi) is 6.03. The van der Waals surface area contributed by atoms with Gasteiger partial charge in [0.2, 0.25) is 10.0 Å². The van der Waals surface area contributed by atoms with Gasteiger partial charge in [-0.05, 0) is 43.0 Å². The Balaban J connectivity index is 1.49. The van der Waals surface area contributed by atoms with Crippen LogP contribution in [0.15, 0.2) is 69.2 Å². The lowest BCUT2D eigenvalue weighted by atomic mass is 9.90.